The van der Waals surface area contributed by atoms with Crippen LogP contribution in [0.3, 0.4) is 0 Å². The Labute approximate surface area is 287 Å². The fraction of sp³-hybridized carbons (Fsp3) is 0.278. The largest absolute Gasteiger partial charge is 0.495 e. The number of nitrogens with zero attached hydrogens (tertiary/aromatic N) is 2. The van der Waals surface area contributed by atoms with Crippen molar-refractivity contribution in [3.63, 3.8) is 0 Å². The predicted octanol–water partition coefficient (Wildman–Crippen LogP) is 6.92. The second-order valence-electron chi connectivity index (χ2n) is 11.6. The number of rotatable bonds is 14. The molecule has 0 bridgehead atoms. The van der Waals surface area contributed by atoms with Crippen molar-refractivity contribution >= 4 is 50.7 Å². The van der Waals surface area contributed by atoms with Crippen molar-refractivity contribution in [1.82, 2.24) is 10.2 Å². The van der Waals surface area contributed by atoms with E-state index in [-0.39, 0.29) is 41.1 Å². The van der Waals surface area contributed by atoms with Gasteiger partial charge in [-0.25, -0.2) is 8.42 Å². The zero-order valence-corrected chi connectivity index (χ0v) is 29.1. The molecule has 8 nitrogen and oxygen atoms in total. The van der Waals surface area contributed by atoms with Crippen molar-refractivity contribution in [1.29, 1.82) is 0 Å². The van der Waals surface area contributed by atoms with E-state index in [1.807, 2.05) is 51.1 Å². The molecule has 11 heteroatoms. The van der Waals surface area contributed by atoms with Crippen LogP contribution in [0.1, 0.15) is 30.5 Å². The number of sulfonamides is 1. The maximum Gasteiger partial charge on any atom is 0.264 e. The topological polar surface area (TPSA) is 96.0 Å². The van der Waals surface area contributed by atoms with E-state index in [0.717, 1.165) is 15.4 Å². The summed E-state index contributed by atoms with van der Waals surface area (Å²) in [7, 11) is -2.85. The van der Waals surface area contributed by atoms with Crippen molar-refractivity contribution in [2.75, 3.05) is 24.5 Å². The summed E-state index contributed by atoms with van der Waals surface area (Å²) in [6.07, 6.45) is 0.182. The molecule has 0 saturated carbocycles. The molecule has 4 rings (SSSR count). The number of ether oxygens (including phenoxy) is 1. The summed E-state index contributed by atoms with van der Waals surface area (Å²) in [6.45, 7) is 5.50. The number of carbonyl (C=O) groups excluding carboxylic acids is 2. The zero-order chi connectivity index (χ0) is 34.1. The Morgan fingerprint density at radius 2 is 1.55 bits per heavy atom. The van der Waals surface area contributed by atoms with Gasteiger partial charge in [0.15, 0.2) is 0 Å². The molecule has 0 fully saturated rings. The summed E-state index contributed by atoms with van der Waals surface area (Å²) >= 11 is 12.8. The van der Waals surface area contributed by atoms with E-state index < -0.39 is 28.5 Å². The molecule has 4 aromatic carbocycles. The van der Waals surface area contributed by atoms with Crippen LogP contribution in [0, 0.1) is 12.8 Å². The summed E-state index contributed by atoms with van der Waals surface area (Å²) in [6, 6.07) is 26.2. The smallest absolute Gasteiger partial charge is 0.264 e. The monoisotopic (exact) mass is 695 g/mol. The van der Waals surface area contributed by atoms with Crippen LogP contribution in [0.5, 0.6) is 5.75 Å². The van der Waals surface area contributed by atoms with Crippen molar-refractivity contribution in [3.8, 4) is 5.75 Å². The minimum absolute atomic E-state index is 0.00427. The van der Waals surface area contributed by atoms with E-state index in [9.17, 15) is 18.0 Å². The molecule has 1 atom stereocenters. The number of hydrogen-bond donors (Lipinski definition) is 1. The number of anilines is 1. The second kappa shape index (κ2) is 16.2. The highest BCUT2D eigenvalue weighted by molar-refractivity contribution is 7.92. The molecular formula is C36H39Cl2N3O5S. The van der Waals surface area contributed by atoms with Gasteiger partial charge in [0.2, 0.25) is 11.8 Å². The van der Waals surface area contributed by atoms with Gasteiger partial charge in [-0.3, -0.25) is 13.9 Å². The second-order valence-corrected chi connectivity index (χ2v) is 14.3. The molecule has 0 unspecified atom stereocenters. The minimum Gasteiger partial charge on any atom is -0.495 e. The summed E-state index contributed by atoms with van der Waals surface area (Å²) < 4.78 is 35.1. The first kappa shape index (κ1) is 35.8. The number of hydrogen-bond acceptors (Lipinski definition) is 5. The number of para-hydroxylation sites is 2. The van der Waals surface area contributed by atoms with Crippen LogP contribution < -0.4 is 14.4 Å². The van der Waals surface area contributed by atoms with Gasteiger partial charge in [0.05, 0.1) is 17.7 Å². The van der Waals surface area contributed by atoms with E-state index in [0.29, 0.717) is 22.2 Å². The molecule has 0 aliphatic rings. The molecule has 2 amide bonds. The summed E-state index contributed by atoms with van der Waals surface area (Å²) in [5.41, 5.74) is 2.43. The SMILES string of the molecule is COc1ccccc1N(CC(=O)N(Cc1ccc(Cl)cc1Cl)[C@@H](Cc1ccccc1)C(=O)NCC(C)C)S(=O)(=O)c1ccc(C)cc1. The molecular weight excluding hydrogens is 657 g/mol. The molecule has 47 heavy (non-hydrogen) atoms. The van der Waals surface area contributed by atoms with Crippen LogP contribution in [-0.4, -0.2) is 51.4 Å². The van der Waals surface area contributed by atoms with Crippen LogP contribution in [-0.2, 0) is 32.6 Å². The predicted molar refractivity (Wildman–Crippen MR) is 187 cm³/mol. The van der Waals surface area contributed by atoms with Crippen molar-refractivity contribution in [2.24, 2.45) is 5.92 Å². The standard InChI is InChI=1S/C36H39Cl2N3O5S/c1-25(2)22-39-36(43)33(20-27-10-6-5-7-11-27)40(23-28-16-17-29(37)21-31(28)38)35(42)24-41(32-12-8-9-13-34(32)46-4)47(44,45)30-18-14-26(3)15-19-30/h5-19,21,25,33H,20,22-24H2,1-4H3,(H,39,43)/t33-/m0/s1. The Hall–Kier alpha value is -4.05. The molecule has 0 heterocycles. The maximum atomic E-state index is 14.6. The zero-order valence-electron chi connectivity index (χ0n) is 26.8. The summed E-state index contributed by atoms with van der Waals surface area (Å²) in [5, 5.41) is 3.70. The Morgan fingerprint density at radius 3 is 2.19 bits per heavy atom. The highest BCUT2D eigenvalue weighted by Crippen LogP contribution is 2.33. The molecule has 0 spiro atoms. The van der Waals surface area contributed by atoms with E-state index in [2.05, 4.69) is 5.32 Å². The number of methoxy groups -OCH3 is 1. The van der Waals surface area contributed by atoms with Gasteiger partial charge in [-0.05, 0) is 60.4 Å². The third kappa shape index (κ3) is 9.28. The molecule has 0 saturated heterocycles. The molecule has 0 aromatic heterocycles. The lowest BCUT2D eigenvalue weighted by Gasteiger charge is -2.34. The Kier molecular flexibility index (Phi) is 12.3. The van der Waals surface area contributed by atoms with Gasteiger partial charge in [-0.1, -0.05) is 103 Å². The Bertz CT molecular complexity index is 1780. The lowest BCUT2D eigenvalue weighted by atomic mass is 10.0. The first-order valence-corrected chi connectivity index (χ1v) is 17.4. The van der Waals surface area contributed by atoms with Crippen LogP contribution in [0.25, 0.3) is 0 Å². The molecule has 0 radical (unpaired) electrons. The molecule has 0 aliphatic carbocycles. The lowest BCUT2D eigenvalue weighted by Crippen LogP contribution is -2.53. The number of nitrogens with one attached hydrogen (secondary N) is 1. The van der Waals surface area contributed by atoms with Gasteiger partial charge in [0.25, 0.3) is 10.0 Å². The minimum atomic E-state index is -4.28. The van der Waals surface area contributed by atoms with Crippen LogP contribution in [0.15, 0.2) is 102 Å². The van der Waals surface area contributed by atoms with E-state index in [1.165, 1.54) is 24.1 Å². The van der Waals surface area contributed by atoms with E-state index >= 15 is 0 Å². The van der Waals surface area contributed by atoms with Gasteiger partial charge in [0, 0.05) is 29.6 Å². The average Bonchev–Trinajstić information content (AvgIpc) is 3.05. The average molecular weight is 697 g/mol. The fourth-order valence-electron chi connectivity index (χ4n) is 5.00. The first-order valence-electron chi connectivity index (χ1n) is 15.2. The Morgan fingerprint density at radius 1 is 0.894 bits per heavy atom. The van der Waals surface area contributed by atoms with Gasteiger partial charge in [-0.2, -0.15) is 0 Å². The first-order chi connectivity index (χ1) is 22.4. The number of carbonyl (C=O) groups is 2. The van der Waals surface area contributed by atoms with Crippen LogP contribution in [0.2, 0.25) is 10.0 Å². The van der Waals surface area contributed by atoms with Crippen LogP contribution >= 0.6 is 23.2 Å². The highest BCUT2D eigenvalue weighted by Gasteiger charge is 2.35. The van der Waals surface area contributed by atoms with Crippen molar-refractivity contribution in [3.05, 3.63) is 124 Å². The highest BCUT2D eigenvalue weighted by atomic mass is 35.5. The number of benzene rings is 4. The van der Waals surface area contributed by atoms with Crippen molar-refractivity contribution < 1.29 is 22.7 Å². The number of aryl methyl sites for hydroxylation is 1. The van der Waals surface area contributed by atoms with Gasteiger partial charge >= 0.3 is 0 Å². The van der Waals surface area contributed by atoms with Crippen LogP contribution in [0.4, 0.5) is 5.69 Å². The van der Waals surface area contributed by atoms with Gasteiger partial charge in [0.1, 0.15) is 18.3 Å². The quantitative estimate of drug-likeness (QED) is 0.155. The lowest BCUT2D eigenvalue weighted by molar-refractivity contribution is -0.140. The fourth-order valence-corrected chi connectivity index (χ4v) is 6.89. The van der Waals surface area contributed by atoms with E-state index in [1.54, 1.807) is 54.6 Å². The van der Waals surface area contributed by atoms with Gasteiger partial charge in [-0.15, -0.1) is 0 Å². The van der Waals surface area contributed by atoms with Crippen molar-refractivity contribution in [2.45, 2.75) is 44.7 Å². The third-order valence-corrected chi connectivity index (χ3v) is 9.91. The number of halogens is 2. The molecule has 4 aromatic rings. The summed E-state index contributed by atoms with van der Waals surface area (Å²) in [4.78, 5) is 30.0. The van der Waals surface area contributed by atoms with Gasteiger partial charge < -0.3 is 15.0 Å². The normalized spacial score (nSPS) is 12.0. The molecule has 0 aliphatic heterocycles. The number of amides is 2. The summed E-state index contributed by atoms with van der Waals surface area (Å²) in [5.74, 6) is -0.560. The molecule has 1 N–H and O–H groups in total. The molecule has 248 valence electrons. The Balaban J connectivity index is 1.84. The van der Waals surface area contributed by atoms with E-state index in [4.69, 9.17) is 27.9 Å². The third-order valence-electron chi connectivity index (χ3n) is 7.55. The maximum absolute atomic E-state index is 14.6.